The fourth-order valence-electron chi connectivity index (χ4n) is 5.48. The Labute approximate surface area is 200 Å². The van der Waals surface area contributed by atoms with Crippen molar-refractivity contribution in [2.75, 3.05) is 19.1 Å². The summed E-state index contributed by atoms with van der Waals surface area (Å²) in [5, 5.41) is 2.06. The molecule has 0 N–H and O–H groups in total. The van der Waals surface area contributed by atoms with Crippen molar-refractivity contribution in [3.8, 4) is 11.5 Å². The van der Waals surface area contributed by atoms with E-state index in [-0.39, 0.29) is 29.4 Å². The Morgan fingerprint density at radius 3 is 2.44 bits per heavy atom. The standard InChI is InChI=1S/C29H29NO4/c1-29(2)16-24-28(25(31)17-29)22(21-14-19(33-3)12-13-26(21)34-4)15-27(32)30(24)23-11-7-9-18-8-5-6-10-20(18)23/h5-14,22H,15-17H2,1-4H3. The van der Waals surface area contributed by atoms with Crippen molar-refractivity contribution < 1.29 is 19.1 Å². The first-order valence-corrected chi connectivity index (χ1v) is 11.6. The summed E-state index contributed by atoms with van der Waals surface area (Å²) in [7, 11) is 3.22. The number of ketones is 1. The maximum atomic E-state index is 13.9. The van der Waals surface area contributed by atoms with Crippen LogP contribution in [0.25, 0.3) is 10.8 Å². The van der Waals surface area contributed by atoms with Crippen LogP contribution in [0.15, 0.2) is 71.9 Å². The van der Waals surface area contributed by atoms with Gasteiger partial charge < -0.3 is 9.47 Å². The molecule has 3 aromatic rings. The molecule has 0 fully saturated rings. The largest absolute Gasteiger partial charge is 0.497 e. The van der Waals surface area contributed by atoms with Gasteiger partial charge in [-0.05, 0) is 41.5 Å². The van der Waals surface area contributed by atoms with Gasteiger partial charge in [0.15, 0.2) is 5.78 Å². The van der Waals surface area contributed by atoms with Crippen LogP contribution in [0.4, 0.5) is 5.69 Å². The number of methoxy groups -OCH3 is 2. The number of carbonyl (C=O) groups is 2. The zero-order valence-electron chi connectivity index (χ0n) is 20.1. The molecule has 0 spiro atoms. The van der Waals surface area contributed by atoms with E-state index in [4.69, 9.17) is 9.47 Å². The second-order valence-corrected chi connectivity index (χ2v) is 9.89. The van der Waals surface area contributed by atoms with Crippen molar-refractivity contribution in [3.05, 3.63) is 77.5 Å². The van der Waals surface area contributed by atoms with Crippen LogP contribution in [0.1, 0.15) is 44.6 Å². The van der Waals surface area contributed by atoms with Gasteiger partial charge in [-0.1, -0.05) is 50.2 Å². The molecule has 1 heterocycles. The zero-order chi connectivity index (χ0) is 24.0. The molecule has 2 aliphatic rings. The fourth-order valence-corrected chi connectivity index (χ4v) is 5.48. The van der Waals surface area contributed by atoms with Gasteiger partial charge in [0, 0.05) is 41.0 Å². The van der Waals surface area contributed by atoms with Crippen molar-refractivity contribution >= 4 is 28.2 Å². The van der Waals surface area contributed by atoms with E-state index in [2.05, 4.69) is 13.8 Å². The molecule has 174 valence electrons. The molecule has 1 amide bonds. The molecule has 5 heteroatoms. The number of amides is 1. The summed E-state index contributed by atoms with van der Waals surface area (Å²) in [6.45, 7) is 4.19. The highest BCUT2D eigenvalue weighted by Crippen LogP contribution is 2.50. The minimum atomic E-state index is -0.373. The van der Waals surface area contributed by atoms with Crippen LogP contribution in [0.5, 0.6) is 11.5 Å². The van der Waals surface area contributed by atoms with Crippen LogP contribution in [-0.2, 0) is 9.59 Å². The van der Waals surface area contributed by atoms with Crippen LogP contribution in [0.3, 0.4) is 0 Å². The lowest BCUT2D eigenvalue weighted by molar-refractivity contribution is -0.121. The lowest BCUT2D eigenvalue weighted by Crippen LogP contribution is -2.43. The number of nitrogens with zero attached hydrogens (tertiary/aromatic N) is 1. The van der Waals surface area contributed by atoms with Gasteiger partial charge in [0.25, 0.3) is 0 Å². The Kier molecular flexibility index (Phi) is 5.43. The maximum Gasteiger partial charge on any atom is 0.232 e. The Bertz CT molecular complexity index is 1330. The monoisotopic (exact) mass is 455 g/mol. The molecule has 1 aliphatic heterocycles. The molecular weight excluding hydrogens is 426 g/mol. The number of carbonyl (C=O) groups excluding carboxylic acids is 2. The number of Topliss-reactive ketones (excluding diaryl/α,β-unsaturated/α-hetero) is 1. The van der Waals surface area contributed by atoms with Crippen LogP contribution < -0.4 is 14.4 Å². The van der Waals surface area contributed by atoms with E-state index in [1.54, 1.807) is 19.1 Å². The Hall–Kier alpha value is -3.60. The van der Waals surface area contributed by atoms with Gasteiger partial charge in [-0.15, -0.1) is 0 Å². The van der Waals surface area contributed by atoms with Crippen LogP contribution in [-0.4, -0.2) is 25.9 Å². The van der Waals surface area contributed by atoms with Crippen LogP contribution in [0, 0.1) is 5.41 Å². The van der Waals surface area contributed by atoms with Crippen molar-refractivity contribution in [1.29, 1.82) is 0 Å². The van der Waals surface area contributed by atoms with Gasteiger partial charge in [-0.2, -0.15) is 0 Å². The molecule has 5 nitrogen and oxygen atoms in total. The first kappa shape index (κ1) is 22.2. The average molecular weight is 456 g/mol. The number of fused-ring (bicyclic) bond motifs is 1. The second kappa shape index (κ2) is 8.32. The number of anilines is 1. The van der Waals surface area contributed by atoms with E-state index in [9.17, 15) is 9.59 Å². The number of allylic oxidation sites excluding steroid dienone is 2. The summed E-state index contributed by atoms with van der Waals surface area (Å²) >= 11 is 0. The summed E-state index contributed by atoms with van der Waals surface area (Å²) in [5.74, 6) is 1.03. The quantitative estimate of drug-likeness (QED) is 0.483. The van der Waals surface area contributed by atoms with Crippen molar-refractivity contribution in [1.82, 2.24) is 0 Å². The molecule has 0 aromatic heterocycles. The molecule has 0 saturated carbocycles. The normalized spacial score (nSPS) is 19.9. The third-order valence-electron chi connectivity index (χ3n) is 6.96. The van der Waals surface area contributed by atoms with E-state index in [1.807, 2.05) is 60.7 Å². The zero-order valence-corrected chi connectivity index (χ0v) is 20.1. The lowest BCUT2D eigenvalue weighted by Gasteiger charge is -2.43. The van der Waals surface area contributed by atoms with Gasteiger partial charge in [-0.3, -0.25) is 14.5 Å². The molecule has 3 aromatic carbocycles. The van der Waals surface area contributed by atoms with Gasteiger partial charge in [0.05, 0.1) is 19.9 Å². The van der Waals surface area contributed by atoms with Crippen LogP contribution in [0.2, 0.25) is 0 Å². The Balaban J connectivity index is 1.76. The number of ether oxygens (including phenoxy) is 2. The molecule has 1 aliphatic carbocycles. The summed E-state index contributed by atoms with van der Waals surface area (Å²) in [6, 6.07) is 19.6. The highest BCUT2D eigenvalue weighted by Gasteiger charge is 2.45. The van der Waals surface area contributed by atoms with E-state index in [1.165, 1.54) is 0 Å². The number of hydrogen-bond acceptors (Lipinski definition) is 4. The first-order valence-electron chi connectivity index (χ1n) is 11.6. The van der Waals surface area contributed by atoms with Crippen molar-refractivity contribution in [2.24, 2.45) is 5.41 Å². The van der Waals surface area contributed by atoms with Gasteiger partial charge in [0.2, 0.25) is 5.91 Å². The Morgan fingerprint density at radius 2 is 1.68 bits per heavy atom. The van der Waals surface area contributed by atoms with E-state index in [0.717, 1.165) is 33.3 Å². The van der Waals surface area contributed by atoms with E-state index < -0.39 is 0 Å². The van der Waals surface area contributed by atoms with Crippen molar-refractivity contribution in [2.45, 2.75) is 39.0 Å². The smallest absolute Gasteiger partial charge is 0.232 e. The van der Waals surface area contributed by atoms with E-state index in [0.29, 0.717) is 24.3 Å². The summed E-state index contributed by atoms with van der Waals surface area (Å²) in [6.07, 6.45) is 1.29. The summed E-state index contributed by atoms with van der Waals surface area (Å²) < 4.78 is 11.1. The van der Waals surface area contributed by atoms with Crippen LogP contribution >= 0.6 is 0 Å². The first-order chi connectivity index (χ1) is 16.3. The van der Waals surface area contributed by atoms with Gasteiger partial charge in [-0.25, -0.2) is 0 Å². The lowest BCUT2D eigenvalue weighted by atomic mass is 9.69. The average Bonchev–Trinajstić information content (AvgIpc) is 2.82. The SMILES string of the molecule is COc1ccc(OC)c(C2CC(=O)N(c3cccc4ccccc34)C3=C2C(=O)CC(C)(C)C3)c1. The summed E-state index contributed by atoms with van der Waals surface area (Å²) in [4.78, 5) is 29.3. The third-order valence-corrected chi connectivity index (χ3v) is 6.96. The number of benzene rings is 3. The molecule has 0 radical (unpaired) electrons. The molecule has 0 bridgehead atoms. The molecule has 0 saturated heterocycles. The molecular formula is C29H29NO4. The highest BCUT2D eigenvalue weighted by molar-refractivity contribution is 6.11. The maximum absolute atomic E-state index is 13.9. The van der Waals surface area contributed by atoms with E-state index >= 15 is 0 Å². The predicted octanol–water partition coefficient (Wildman–Crippen LogP) is 6.02. The molecule has 1 unspecified atom stereocenters. The minimum absolute atomic E-state index is 0.0181. The number of rotatable bonds is 4. The van der Waals surface area contributed by atoms with Crippen molar-refractivity contribution in [3.63, 3.8) is 0 Å². The molecule has 34 heavy (non-hydrogen) atoms. The topological polar surface area (TPSA) is 55.8 Å². The fraction of sp³-hybridized carbons (Fsp3) is 0.310. The predicted molar refractivity (Wildman–Crippen MR) is 133 cm³/mol. The van der Waals surface area contributed by atoms with Gasteiger partial charge >= 0.3 is 0 Å². The summed E-state index contributed by atoms with van der Waals surface area (Å²) in [5.41, 5.74) is 2.94. The second-order valence-electron chi connectivity index (χ2n) is 9.89. The molecule has 1 atom stereocenters. The Morgan fingerprint density at radius 1 is 0.912 bits per heavy atom. The third kappa shape index (κ3) is 3.65. The minimum Gasteiger partial charge on any atom is -0.497 e. The highest BCUT2D eigenvalue weighted by atomic mass is 16.5. The molecule has 5 rings (SSSR count). The number of hydrogen-bond donors (Lipinski definition) is 0. The van der Waals surface area contributed by atoms with Gasteiger partial charge in [0.1, 0.15) is 11.5 Å².